The summed E-state index contributed by atoms with van der Waals surface area (Å²) in [6.07, 6.45) is 0.381. The number of aliphatic hydroxyl groups is 1. The Labute approximate surface area is 95.7 Å². The molecule has 2 N–H and O–H groups in total. The summed E-state index contributed by atoms with van der Waals surface area (Å²) in [6.45, 7) is 3.50. The lowest BCUT2D eigenvalue weighted by Gasteiger charge is -2.30. The molecule has 0 aliphatic heterocycles. The number of aliphatic hydroxyl groups excluding tert-OH is 1. The predicted molar refractivity (Wildman–Crippen MR) is 62.3 cm³/mol. The van der Waals surface area contributed by atoms with Crippen LogP contribution in [-0.2, 0) is 10.2 Å². The molecule has 0 fully saturated rings. The summed E-state index contributed by atoms with van der Waals surface area (Å²) < 4.78 is 0. The van der Waals surface area contributed by atoms with Gasteiger partial charge in [-0.25, -0.2) is 0 Å². The quantitative estimate of drug-likeness (QED) is 0.803. The maximum atomic E-state index is 11.4. The molecule has 0 saturated carbocycles. The van der Waals surface area contributed by atoms with E-state index in [0.717, 1.165) is 6.42 Å². The molecule has 1 rings (SSSR count). The number of carbonyl (C=O) groups is 1. The van der Waals surface area contributed by atoms with E-state index < -0.39 is 17.5 Å². The van der Waals surface area contributed by atoms with Gasteiger partial charge in [0.05, 0.1) is 6.10 Å². The van der Waals surface area contributed by atoms with Crippen molar-refractivity contribution < 1.29 is 15.0 Å². The van der Waals surface area contributed by atoms with Crippen LogP contribution in [0.5, 0.6) is 0 Å². The van der Waals surface area contributed by atoms with Gasteiger partial charge in [-0.15, -0.1) is 0 Å². The summed E-state index contributed by atoms with van der Waals surface area (Å²) in [6, 6.07) is 8.89. The number of carboxylic acid groups (broad SMARTS) is 1. The maximum Gasteiger partial charge on any atom is 0.316 e. The van der Waals surface area contributed by atoms with Crippen molar-refractivity contribution in [3.8, 4) is 0 Å². The zero-order chi connectivity index (χ0) is 12.2. The van der Waals surface area contributed by atoms with E-state index >= 15 is 0 Å². The number of hydrogen-bond donors (Lipinski definition) is 2. The molecule has 1 aromatic carbocycles. The standard InChI is InChI=1S/C13H18O3/c1-3-7-11(14)13(2,12(15)16)10-8-5-4-6-9-10/h4-6,8-9,11,14H,3,7H2,1-2H3,(H,15,16). The van der Waals surface area contributed by atoms with Crippen molar-refractivity contribution in [1.29, 1.82) is 0 Å². The van der Waals surface area contributed by atoms with Gasteiger partial charge in [0.2, 0.25) is 0 Å². The molecule has 0 amide bonds. The highest BCUT2D eigenvalue weighted by Crippen LogP contribution is 2.30. The molecule has 1 aromatic rings. The Balaban J connectivity index is 3.12. The van der Waals surface area contributed by atoms with Crippen LogP contribution in [0.25, 0.3) is 0 Å². The highest BCUT2D eigenvalue weighted by molar-refractivity contribution is 5.81. The minimum absolute atomic E-state index is 0.484. The van der Waals surface area contributed by atoms with Crippen molar-refractivity contribution in [2.45, 2.75) is 38.2 Å². The normalized spacial score (nSPS) is 16.4. The van der Waals surface area contributed by atoms with E-state index in [9.17, 15) is 15.0 Å². The van der Waals surface area contributed by atoms with Crippen LogP contribution in [0.2, 0.25) is 0 Å². The smallest absolute Gasteiger partial charge is 0.316 e. The van der Waals surface area contributed by atoms with Crippen molar-refractivity contribution in [1.82, 2.24) is 0 Å². The molecule has 0 spiro atoms. The molecular formula is C13H18O3. The second-order valence-corrected chi connectivity index (χ2v) is 4.18. The minimum Gasteiger partial charge on any atom is -0.481 e. The third kappa shape index (κ3) is 2.25. The van der Waals surface area contributed by atoms with Gasteiger partial charge < -0.3 is 10.2 Å². The molecule has 0 bridgehead atoms. The second-order valence-electron chi connectivity index (χ2n) is 4.18. The van der Waals surface area contributed by atoms with Crippen LogP contribution < -0.4 is 0 Å². The van der Waals surface area contributed by atoms with Gasteiger partial charge in [0.25, 0.3) is 0 Å². The number of benzene rings is 1. The summed E-state index contributed by atoms with van der Waals surface area (Å²) in [5, 5.41) is 19.3. The summed E-state index contributed by atoms with van der Waals surface area (Å²) in [5.41, 5.74) is -0.583. The number of rotatable bonds is 5. The average molecular weight is 222 g/mol. The molecule has 0 aliphatic rings. The van der Waals surface area contributed by atoms with Crippen molar-refractivity contribution in [2.75, 3.05) is 0 Å². The molecule has 0 radical (unpaired) electrons. The van der Waals surface area contributed by atoms with Gasteiger partial charge in [-0.2, -0.15) is 0 Å². The van der Waals surface area contributed by atoms with E-state index in [2.05, 4.69) is 0 Å². The van der Waals surface area contributed by atoms with Crippen LogP contribution in [0.3, 0.4) is 0 Å². The zero-order valence-electron chi connectivity index (χ0n) is 9.68. The van der Waals surface area contributed by atoms with Gasteiger partial charge >= 0.3 is 5.97 Å². The zero-order valence-corrected chi connectivity index (χ0v) is 9.68. The molecule has 0 saturated heterocycles. The van der Waals surface area contributed by atoms with Gasteiger partial charge in [0.15, 0.2) is 0 Å². The molecule has 88 valence electrons. The lowest BCUT2D eigenvalue weighted by atomic mass is 9.76. The predicted octanol–water partition coefficient (Wildman–Crippen LogP) is 2.19. The largest absolute Gasteiger partial charge is 0.481 e. The first-order chi connectivity index (χ1) is 7.53. The third-order valence-corrected chi connectivity index (χ3v) is 3.05. The Morgan fingerprint density at radius 1 is 1.38 bits per heavy atom. The number of carboxylic acids is 1. The van der Waals surface area contributed by atoms with Crippen molar-refractivity contribution >= 4 is 5.97 Å². The monoisotopic (exact) mass is 222 g/mol. The van der Waals surface area contributed by atoms with E-state index in [4.69, 9.17) is 0 Å². The molecule has 16 heavy (non-hydrogen) atoms. The first-order valence-corrected chi connectivity index (χ1v) is 5.50. The molecular weight excluding hydrogens is 204 g/mol. The summed E-state index contributed by atoms with van der Waals surface area (Å²) in [4.78, 5) is 11.4. The second kappa shape index (κ2) is 5.12. The van der Waals surface area contributed by atoms with Crippen LogP contribution >= 0.6 is 0 Å². The van der Waals surface area contributed by atoms with Crippen LogP contribution in [0.1, 0.15) is 32.3 Å². The number of aliphatic carboxylic acids is 1. The average Bonchev–Trinajstić information content (AvgIpc) is 2.29. The van der Waals surface area contributed by atoms with E-state index in [0.29, 0.717) is 12.0 Å². The van der Waals surface area contributed by atoms with Gasteiger partial charge in [-0.1, -0.05) is 43.7 Å². The topological polar surface area (TPSA) is 57.5 Å². The first-order valence-electron chi connectivity index (χ1n) is 5.50. The summed E-state index contributed by atoms with van der Waals surface area (Å²) >= 11 is 0. The lowest BCUT2D eigenvalue weighted by molar-refractivity contribution is -0.148. The van der Waals surface area contributed by atoms with Crippen molar-refractivity contribution in [3.63, 3.8) is 0 Å². The van der Waals surface area contributed by atoms with Crippen LogP contribution in [-0.4, -0.2) is 22.3 Å². The Bertz CT molecular complexity index is 347. The van der Waals surface area contributed by atoms with Crippen LogP contribution in [0, 0.1) is 0 Å². The molecule has 0 aliphatic carbocycles. The first kappa shape index (κ1) is 12.7. The molecule has 3 nitrogen and oxygen atoms in total. The van der Waals surface area contributed by atoms with Crippen molar-refractivity contribution in [2.24, 2.45) is 0 Å². The molecule has 3 heteroatoms. The van der Waals surface area contributed by atoms with Gasteiger partial charge in [-0.3, -0.25) is 4.79 Å². The minimum atomic E-state index is -1.22. The Morgan fingerprint density at radius 3 is 2.38 bits per heavy atom. The molecule has 2 unspecified atom stereocenters. The van der Waals surface area contributed by atoms with Crippen LogP contribution in [0.4, 0.5) is 0 Å². The summed E-state index contributed by atoms with van der Waals surface area (Å²) in [7, 11) is 0. The molecule has 0 heterocycles. The molecule has 0 aromatic heterocycles. The van der Waals surface area contributed by atoms with E-state index in [-0.39, 0.29) is 0 Å². The summed E-state index contributed by atoms with van der Waals surface area (Å²) in [5.74, 6) is -0.986. The SMILES string of the molecule is CCCC(O)C(C)(C(=O)O)c1ccccc1. The fourth-order valence-electron chi connectivity index (χ4n) is 1.80. The maximum absolute atomic E-state index is 11.4. The lowest BCUT2D eigenvalue weighted by Crippen LogP contribution is -2.44. The van der Waals surface area contributed by atoms with Gasteiger partial charge in [0.1, 0.15) is 5.41 Å². The Morgan fingerprint density at radius 2 is 1.94 bits per heavy atom. The Hall–Kier alpha value is -1.35. The van der Waals surface area contributed by atoms with E-state index in [1.165, 1.54) is 0 Å². The Kier molecular flexibility index (Phi) is 4.07. The van der Waals surface area contributed by atoms with Crippen LogP contribution in [0.15, 0.2) is 30.3 Å². The highest BCUT2D eigenvalue weighted by Gasteiger charge is 2.41. The van der Waals surface area contributed by atoms with Crippen molar-refractivity contribution in [3.05, 3.63) is 35.9 Å². The fraction of sp³-hybridized carbons (Fsp3) is 0.462. The van der Waals surface area contributed by atoms with E-state index in [1.54, 1.807) is 31.2 Å². The van der Waals surface area contributed by atoms with Gasteiger partial charge in [0, 0.05) is 0 Å². The molecule has 2 atom stereocenters. The van der Waals surface area contributed by atoms with Gasteiger partial charge in [-0.05, 0) is 18.9 Å². The highest BCUT2D eigenvalue weighted by atomic mass is 16.4. The number of hydrogen-bond acceptors (Lipinski definition) is 2. The van der Waals surface area contributed by atoms with E-state index in [1.807, 2.05) is 13.0 Å². The fourth-order valence-corrected chi connectivity index (χ4v) is 1.80. The third-order valence-electron chi connectivity index (χ3n) is 3.05.